The molecule has 1 aromatic heterocycles. The van der Waals surface area contributed by atoms with Gasteiger partial charge in [0.15, 0.2) is 0 Å². The van der Waals surface area contributed by atoms with Gasteiger partial charge < -0.3 is 5.32 Å². The summed E-state index contributed by atoms with van der Waals surface area (Å²) >= 11 is 0.737. The second-order valence-electron chi connectivity index (χ2n) is 4.21. The minimum atomic E-state index is -4.27. The van der Waals surface area contributed by atoms with Crippen molar-refractivity contribution in [1.29, 1.82) is 0 Å². The summed E-state index contributed by atoms with van der Waals surface area (Å²) < 4.78 is 37.2. The molecule has 1 fully saturated rings. The second-order valence-corrected chi connectivity index (χ2v) is 5.32. The van der Waals surface area contributed by atoms with Gasteiger partial charge in [-0.3, -0.25) is 4.90 Å². The van der Waals surface area contributed by atoms with Gasteiger partial charge in [-0.1, -0.05) is 0 Å². The van der Waals surface area contributed by atoms with Gasteiger partial charge in [0.25, 0.3) is 0 Å². The highest BCUT2D eigenvalue weighted by molar-refractivity contribution is 7.11. The lowest BCUT2D eigenvalue weighted by atomic mass is 10.2. The van der Waals surface area contributed by atoms with E-state index < -0.39 is 11.1 Å². The van der Waals surface area contributed by atoms with Gasteiger partial charge >= 0.3 is 6.18 Å². The first-order valence-electron chi connectivity index (χ1n) is 5.43. The molecule has 1 aliphatic rings. The summed E-state index contributed by atoms with van der Waals surface area (Å²) in [6.45, 7) is 5.15. The molecule has 0 amide bonds. The molecule has 18 heavy (non-hydrogen) atoms. The summed E-state index contributed by atoms with van der Waals surface area (Å²) in [4.78, 5) is 5.35. The lowest BCUT2D eigenvalue weighted by Crippen LogP contribution is -2.48. The van der Waals surface area contributed by atoms with Crippen molar-refractivity contribution in [1.82, 2.24) is 15.2 Å². The van der Waals surface area contributed by atoms with Crippen molar-refractivity contribution in [2.45, 2.75) is 25.7 Å². The Bertz CT molecular complexity index is 383. The monoisotopic (exact) mass is 301 g/mol. The molecule has 0 radical (unpaired) electrons. The Labute approximate surface area is 114 Å². The Hall–Kier alpha value is -0.370. The van der Waals surface area contributed by atoms with Crippen LogP contribution in [0.5, 0.6) is 0 Å². The van der Waals surface area contributed by atoms with E-state index >= 15 is 0 Å². The fourth-order valence-corrected chi connectivity index (χ4v) is 2.69. The first kappa shape index (κ1) is 15.7. The second kappa shape index (κ2) is 6.18. The standard InChI is InChI=1S/C10H14F3N3S.ClH/c1-7-5-16(3-2-14-7)6-9-15-4-8(17-9)10(11,12)13;/h4,7,14H,2-3,5-6H2,1H3;1H/t7-;/m1./s1. The van der Waals surface area contributed by atoms with Crippen LogP contribution < -0.4 is 5.32 Å². The summed E-state index contributed by atoms with van der Waals surface area (Å²) in [7, 11) is 0. The third-order valence-electron chi connectivity index (χ3n) is 2.64. The maximum absolute atomic E-state index is 12.4. The molecule has 0 unspecified atom stereocenters. The fraction of sp³-hybridized carbons (Fsp3) is 0.700. The van der Waals surface area contributed by atoms with Gasteiger partial charge in [-0.05, 0) is 6.92 Å². The number of aromatic nitrogens is 1. The molecule has 1 aromatic rings. The van der Waals surface area contributed by atoms with E-state index in [0.29, 0.717) is 17.6 Å². The van der Waals surface area contributed by atoms with Crippen LogP contribution in [0.25, 0.3) is 0 Å². The van der Waals surface area contributed by atoms with E-state index in [2.05, 4.69) is 22.1 Å². The largest absolute Gasteiger partial charge is 0.427 e. The van der Waals surface area contributed by atoms with E-state index in [1.165, 1.54) is 0 Å². The molecule has 0 aromatic carbocycles. The third-order valence-corrected chi connectivity index (χ3v) is 3.67. The number of nitrogens with zero attached hydrogens (tertiary/aromatic N) is 2. The third kappa shape index (κ3) is 4.08. The zero-order chi connectivity index (χ0) is 12.5. The highest BCUT2D eigenvalue weighted by Crippen LogP contribution is 2.33. The van der Waals surface area contributed by atoms with Gasteiger partial charge in [-0.25, -0.2) is 4.98 Å². The number of alkyl halides is 3. The SMILES string of the molecule is C[C@@H]1CN(Cc2ncc(C(F)(F)F)s2)CCN1.Cl. The number of rotatable bonds is 2. The van der Waals surface area contributed by atoms with E-state index in [1.54, 1.807) is 0 Å². The maximum atomic E-state index is 12.4. The van der Waals surface area contributed by atoms with E-state index in [1.807, 2.05) is 0 Å². The molecular formula is C10H15ClF3N3S. The van der Waals surface area contributed by atoms with E-state index in [0.717, 1.165) is 37.2 Å². The Morgan fingerprint density at radius 1 is 1.56 bits per heavy atom. The molecule has 3 nitrogen and oxygen atoms in total. The molecule has 8 heteroatoms. The number of nitrogens with one attached hydrogen (secondary N) is 1. The topological polar surface area (TPSA) is 28.2 Å². The molecule has 0 bridgehead atoms. The molecule has 1 N–H and O–H groups in total. The zero-order valence-electron chi connectivity index (χ0n) is 9.83. The van der Waals surface area contributed by atoms with Crippen LogP contribution in [0, 0.1) is 0 Å². The van der Waals surface area contributed by atoms with Crippen LogP contribution in [0.1, 0.15) is 16.8 Å². The van der Waals surface area contributed by atoms with Crippen molar-refractivity contribution in [3.63, 3.8) is 0 Å². The summed E-state index contributed by atoms with van der Waals surface area (Å²) in [5.74, 6) is 0. The Kier molecular flexibility index (Phi) is 5.39. The van der Waals surface area contributed by atoms with Crippen LogP contribution >= 0.6 is 23.7 Å². The smallest absolute Gasteiger partial charge is 0.312 e. The number of halogens is 4. The number of piperazine rings is 1. The summed E-state index contributed by atoms with van der Waals surface area (Å²) in [6, 6.07) is 0.380. The van der Waals surface area contributed by atoms with Crippen LogP contribution in [-0.2, 0) is 12.7 Å². The van der Waals surface area contributed by atoms with Crippen LogP contribution in [0.4, 0.5) is 13.2 Å². The minimum absolute atomic E-state index is 0. The van der Waals surface area contributed by atoms with Gasteiger partial charge in [0, 0.05) is 25.7 Å². The first-order valence-corrected chi connectivity index (χ1v) is 6.24. The summed E-state index contributed by atoms with van der Waals surface area (Å²) in [6.07, 6.45) is -3.35. The predicted octanol–water partition coefficient (Wildman–Crippen LogP) is 2.38. The average Bonchev–Trinajstić information content (AvgIpc) is 2.65. The van der Waals surface area contributed by atoms with Crippen LogP contribution in [-0.4, -0.2) is 35.6 Å². The Morgan fingerprint density at radius 2 is 2.28 bits per heavy atom. The van der Waals surface area contributed by atoms with Crippen molar-refractivity contribution in [2.75, 3.05) is 19.6 Å². The lowest BCUT2D eigenvalue weighted by Gasteiger charge is -2.31. The fourth-order valence-electron chi connectivity index (χ4n) is 1.86. The Balaban J connectivity index is 0.00000162. The van der Waals surface area contributed by atoms with Gasteiger partial charge in [0.05, 0.1) is 12.7 Å². The van der Waals surface area contributed by atoms with E-state index in [-0.39, 0.29) is 12.4 Å². The summed E-state index contributed by atoms with van der Waals surface area (Å²) in [5, 5.41) is 3.82. The molecule has 0 spiro atoms. The Morgan fingerprint density at radius 3 is 2.83 bits per heavy atom. The number of hydrogen-bond acceptors (Lipinski definition) is 4. The zero-order valence-corrected chi connectivity index (χ0v) is 11.5. The first-order chi connectivity index (χ1) is 7.95. The molecular weight excluding hydrogens is 287 g/mol. The van der Waals surface area contributed by atoms with Gasteiger partial charge in [0.2, 0.25) is 0 Å². The molecule has 1 saturated heterocycles. The van der Waals surface area contributed by atoms with Gasteiger partial charge in [-0.15, -0.1) is 23.7 Å². The summed E-state index contributed by atoms with van der Waals surface area (Å²) in [5.41, 5.74) is 0. The van der Waals surface area contributed by atoms with Gasteiger partial charge in [0.1, 0.15) is 9.88 Å². The lowest BCUT2D eigenvalue weighted by molar-refractivity contribution is -0.134. The predicted molar refractivity (Wildman–Crippen MR) is 67.1 cm³/mol. The molecule has 2 rings (SSSR count). The maximum Gasteiger partial charge on any atom is 0.427 e. The van der Waals surface area contributed by atoms with Crippen LogP contribution in [0.15, 0.2) is 6.20 Å². The molecule has 1 atom stereocenters. The van der Waals surface area contributed by atoms with E-state index in [4.69, 9.17) is 0 Å². The van der Waals surface area contributed by atoms with Crippen molar-refractivity contribution in [2.24, 2.45) is 0 Å². The normalized spacial score (nSPS) is 21.7. The van der Waals surface area contributed by atoms with Crippen molar-refractivity contribution >= 4 is 23.7 Å². The van der Waals surface area contributed by atoms with Crippen molar-refractivity contribution < 1.29 is 13.2 Å². The van der Waals surface area contributed by atoms with Crippen LogP contribution in [0.2, 0.25) is 0 Å². The van der Waals surface area contributed by atoms with Gasteiger partial charge in [-0.2, -0.15) is 13.2 Å². The quantitative estimate of drug-likeness (QED) is 0.909. The molecule has 2 heterocycles. The molecule has 0 aliphatic carbocycles. The van der Waals surface area contributed by atoms with Crippen LogP contribution in [0.3, 0.4) is 0 Å². The number of hydrogen-bond donors (Lipinski definition) is 1. The van der Waals surface area contributed by atoms with Crippen molar-refractivity contribution in [3.05, 3.63) is 16.1 Å². The molecule has 0 saturated carbocycles. The van der Waals surface area contributed by atoms with E-state index in [9.17, 15) is 13.2 Å². The van der Waals surface area contributed by atoms with Crippen molar-refractivity contribution in [3.8, 4) is 0 Å². The highest BCUT2D eigenvalue weighted by Gasteiger charge is 2.33. The molecule has 104 valence electrons. The number of thiazole rings is 1. The highest BCUT2D eigenvalue weighted by atomic mass is 35.5. The molecule has 1 aliphatic heterocycles. The average molecular weight is 302 g/mol. The minimum Gasteiger partial charge on any atom is -0.312 e.